The van der Waals surface area contributed by atoms with Gasteiger partial charge in [-0.3, -0.25) is 0 Å². The van der Waals surface area contributed by atoms with Crippen molar-refractivity contribution in [3.63, 3.8) is 0 Å². The summed E-state index contributed by atoms with van der Waals surface area (Å²) in [7, 11) is 0. The van der Waals surface area contributed by atoms with E-state index in [4.69, 9.17) is 14.7 Å². The fourth-order valence-corrected chi connectivity index (χ4v) is 2.08. The molecule has 0 aliphatic heterocycles. The summed E-state index contributed by atoms with van der Waals surface area (Å²) in [5.41, 5.74) is 3.10. The van der Waals surface area contributed by atoms with E-state index < -0.39 is 6.10 Å². The van der Waals surface area contributed by atoms with Crippen LogP contribution in [0.2, 0.25) is 0 Å². The molecule has 0 spiro atoms. The number of ether oxygens (including phenoxy) is 2. The summed E-state index contributed by atoms with van der Waals surface area (Å²) in [4.78, 5) is 0. The van der Waals surface area contributed by atoms with Gasteiger partial charge in [0.15, 0.2) is 0 Å². The summed E-state index contributed by atoms with van der Waals surface area (Å²) < 4.78 is 11.2. The van der Waals surface area contributed by atoms with Crippen LogP contribution in [0, 0.1) is 25.2 Å². The monoisotopic (exact) mass is 311 g/mol. The first-order chi connectivity index (χ1) is 11.1. The minimum absolute atomic E-state index is 0.155. The average Bonchev–Trinajstić information content (AvgIpc) is 2.55. The van der Waals surface area contributed by atoms with Crippen LogP contribution in [-0.2, 0) is 6.42 Å². The Morgan fingerprint density at radius 2 is 1.74 bits per heavy atom. The number of aryl methyl sites for hydroxylation is 2. The molecule has 2 aromatic rings. The molecule has 0 amide bonds. The molecule has 2 rings (SSSR count). The Kier molecular flexibility index (Phi) is 6.02. The Morgan fingerprint density at radius 1 is 1.04 bits per heavy atom. The molecule has 0 fully saturated rings. The summed E-state index contributed by atoms with van der Waals surface area (Å²) in [5.74, 6) is 1.45. The van der Waals surface area contributed by atoms with Crippen molar-refractivity contribution in [1.29, 1.82) is 5.26 Å². The molecule has 0 saturated heterocycles. The highest BCUT2D eigenvalue weighted by molar-refractivity contribution is 5.36. The SMILES string of the molecule is Cc1ccc(C)c(OCC(O)COc2ccc(CC#N)cc2)c1. The maximum atomic E-state index is 9.98. The largest absolute Gasteiger partial charge is 0.491 e. The van der Waals surface area contributed by atoms with Crippen LogP contribution in [0.15, 0.2) is 42.5 Å². The zero-order valence-corrected chi connectivity index (χ0v) is 13.5. The van der Waals surface area contributed by atoms with E-state index in [-0.39, 0.29) is 13.2 Å². The van der Waals surface area contributed by atoms with Crippen LogP contribution in [0.1, 0.15) is 16.7 Å². The van der Waals surface area contributed by atoms with Crippen LogP contribution in [0.5, 0.6) is 11.5 Å². The average molecular weight is 311 g/mol. The molecule has 2 aromatic carbocycles. The molecule has 0 aromatic heterocycles. The van der Waals surface area contributed by atoms with Gasteiger partial charge in [0.05, 0.1) is 12.5 Å². The zero-order chi connectivity index (χ0) is 16.7. The van der Waals surface area contributed by atoms with Gasteiger partial charge < -0.3 is 14.6 Å². The van der Waals surface area contributed by atoms with E-state index in [0.29, 0.717) is 12.2 Å². The van der Waals surface area contributed by atoms with Crippen molar-refractivity contribution in [2.24, 2.45) is 0 Å². The number of rotatable bonds is 7. The predicted octanol–water partition coefficient (Wildman–Crippen LogP) is 3.19. The highest BCUT2D eigenvalue weighted by Gasteiger charge is 2.08. The molecule has 0 bridgehead atoms. The summed E-state index contributed by atoms with van der Waals surface area (Å²) in [6.07, 6.45) is -0.333. The molecule has 4 nitrogen and oxygen atoms in total. The Bertz CT molecular complexity index is 674. The quantitative estimate of drug-likeness (QED) is 0.853. The first-order valence-electron chi connectivity index (χ1n) is 7.55. The second kappa shape index (κ2) is 8.21. The van der Waals surface area contributed by atoms with Crippen LogP contribution in [0.25, 0.3) is 0 Å². The summed E-state index contributed by atoms with van der Waals surface area (Å²) in [6.45, 7) is 4.31. The normalized spacial score (nSPS) is 11.6. The fraction of sp³-hybridized carbons (Fsp3) is 0.316. The molecule has 0 aliphatic carbocycles. The van der Waals surface area contributed by atoms with Gasteiger partial charge in [0.2, 0.25) is 0 Å². The summed E-state index contributed by atoms with van der Waals surface area (Å²) in [6, 6.07) is 15.4. The lowest BCUT2D eigenvalue weighted by Crippen LogP contribution is -2.25. The van der Waals surface area contributed by atoms with Gasteiger partial charge in [-0.25, -0.2) is 0 Å². The Morgan fingerprint density at radius 3 is 2.43 bits per heavy atom. The van der Waals surface area contributed by atoms with E-state index in [2.05, 4.69) is 6.07 Å². The van der Waals surface area contributed by atoms with Gasteiger partial charge in [-0.15, -0.1) is 0 Å². The van der Waals surface area contributed by atoms with Crippen molar-refractivity contribution in [2.45, 2.75) is 26.4 Å². The smallest absolute Gasteiger partial charge is 0.122 e. The Labute approximate surface area is 136 Å². The molecule has 0 heterocycles. The van der Waals surface area contributed by atoms with E-state index >= 15 is 0 Å². The van der Waals surface area contributed by atoms with Gasteiger partial charge in [0.1, 0.15) is 30.8 Å². The van der Waals surface area contributed by atoms with Crippen LogP contribution >= 0.6 is 0 Å². The topological polar surface area (TPSA) is 62.5 Å². The lowest BCUT2D eigenvalue weighted by atomic mass is 10.1. The number of benzene rings is 2. The van der Waals surface area contributed by atoms with Crippen molar-refractivity contribution in [1.82, 2.24) is 0 Å². The third kappa shape index (κ3) is 5.32. The van der Waals surface area contributed by atoms with E-state index in [1.54, 1.807) is 12.1 Å². The summed E-state index contributed by atoms with van der Waals surface area (Å²) >= 11 is 0. The van der Waals surface area contributed by atoms with Crippen molar-refractivity contribution >= 4 is 0 Å². The van der Waals surface area contributed by atoms with Crippen LogP contribution < -0.4 is 9.47 Å². The van der Waals surface area contributed by atoms with Crippen LogP contribution in [0.3, 0.4) is 0 Å². The van der Waals surface area contributed by atoms with Gasteiger partial charge in [-0.1, -0.05) is 24.3 Å². The van der Waals surface area contributed by atoms with Gasteiger partial charge in [-0.05, 0) is 48.7 Å². The van der Waals surface area contributed by atoms with Crippen LogP contribution in [-0.4, -0.2) is 24.4 Å². The van der Waals surface area contributed by atoms with Crippen molar-refractivity contribution in [3.8, 4) is 17.6 Å². The van der Waals surface area contributed by atoms with Gasteiger partial charge in [0, 0.05) is 0 Å². The third-order valence-corrected chi connectivity index (χ3v) is 3.42. The number of hydrogen-bond acceptors (Lipinski definition) is 4. The van der Waals surface area contributed by atoms with Crippen molar-refractivity contribution in [2.75, 3.05) is 13.2 Å². The second-order valence-corrected chi connectivity index (χ2v) is 5.52. The van der Waals surface area contributed by atoms with Gasteiger partial charge in [-0.2, -0.15) is 5.26 Å². The molecule has 23 heavy (non-hydrogen) atoms. The van der Waals surface area contributed by atoms with Crippen molar-refractivity contribution in [3.05, 3.63) is 59.2 Å². The first kappa shape index (κ1) is 16.9. The van der Waals surface area contributed by atoms with E-state index in [9.17, 15) is 5.11 Å². The number of nitrogens with zero attached hydrogens (tertiary/aromatic N) is 1. The zero-order valence-electron chi connectivity index (χ0n) is 13.5. The van der Waals surface area contributed by atoms with Crippen LogP contribution in [0.4, 0.5) is 0 Å². The van der Waals surface area contributed by atoms with E-state index in [1.165, 1.54) is 0 Å². The van der Waals surface area contributed by atoms with Gasteiger partial charge >= 0.3 is 0 Å². The fourth-order valence-electron chi connectivity index (χ4n) is 2.08. The second-order valence-electron chi connectivity index (χ2n) is 5.52. The predicted molar refractivity (Wildman–Crippen MR) is 88.7 cm³/mol. The molecule has 0 radical (unpaired) electrons. The molecular weight excluding hydrogens is 290 g/mol. The first-order valence-corrected chi connectivity index (χ1v) is 7.55. The molecule has 1 atom stereocenters. The molecule has 1 unspecified atom stereocenters. The minimum atomic E-state index is -0.714. The highest BCUT2D eigenvalue weighted by Crippen LogP contribution is 2.19. The lowest BCUT2D eigenvalue weighted by Gasteiger charge is -2.15. The summed E-state index contributed by atoms with van der Waals surface area (Å²) in [5, 5.41) is 18.6. The number of hydrogen-bond donors (Lipinski definition) is 1. The van der Waals surface area contributed by atoms with E-state index in [0.717, 1.165) is 22.4 Å². The third-order valence-electron chi connectivity index (χ3n) is 3.42. The molecule has 4 heteroatoms. The number of aliphatic hydroxyl groups excluding tert-OH is 1. The molecule has 0 saturated carbocycles. The van der Waals surface area contributed by atoms with Gasteiger partial charge in [0.25, 0.3) is 0 Å². The Hall–Kier alpha value is -2.51. The maximum Gasteiger partial charge on any atom is 0.122 e. The highest BCUT2D eigenvalue weighted by atomic mass is 16.5. The molecular formula is C19H21NO3. The minimum Gasteiger partial charge on any atom is -0.491 e. The van der Waals surface area contributed by atoms with Crippen molar-refractivity contribution < 1.29 is 14.6 Å². The molecule has 0 aliphatic rings. The molecule has 1 N–H and O–H groups in total. The molecule has 120 valence electrons. The number of nitriles is 1. The maximum absolute atomic E-state index is 9.98. The lowest BCUT2D eigenvalue weighted by molar-refractivity contribution is 0.0624. The Balaban J connectivity index is 1.79. The number of aliphatic hydroxyl groups is 1. The van der Waals surface area contributed by atoms with E-state index in [1.807, 2.05) is 44.2 Å². The standard InChI is InChI=1S/C19H21NO3/c1-14-3-4-15(2)19(11-14)23-13-17(21)12-22-18-7-5-16(6-8-18)9-10-20/h3-8,11,17,21H,9,12-13H2,1-2H3.